The quantitative estimate of drug-likeness (QED) is 0.453. The molecule has 5 rings (SSSR count). The lowest BCUT2D eigenvalue weighted by molar-refractivity contribution is -0.221. The Bertz CT molecular complexity index is 1200. The summed E-state index contributed by atoms with van der Waals surface area (Å²) in [5.41, 5.74) is -6.44. The first-order valence-corrected chi connectivity index (χ1v) is 12.8. The van der Waals surface area contributed by atoms with Gasteiger partial charge in [0.1, 0.15) is 6.17 Å². The molecule has 0 saturated heterocycles. The maximum absolute atomic E-state index is 17.3. The largest absolute Gasteiger partial charge is 0.446 e. The molecule has 8 heteroatoms. The summed E-state index contributed by atoms with van der Waals surface area (Å²) in [5.74, 6) is -3.23. The predicted molar refractivity (Wildman–Crippen MR) is 132 cm³/mol. The van der Waals surface area contributed by atoms with Crippen LogP contribution in [0.25, 0.3) is 0 Å². The van der Waals surface area contributed by atoms with E-state index in [1.807, 2.05) is 0 Å². The number of ketones is 1. The monoisotopic (exact) mass is 516 g/mol. The van der Waals surface area contributed by atoms with E-state index in [4.69, 9.17) is 4.74 Å². The van der Waals surface area contributed by atoms with Gasteiger partial charge in [-0.05, 0) is 62.0 Å². The fourth-order valence-corrected chi connectivity index (χ4v) is 8.54. The van der Waals surface area contributed by atoms with Crippen molar-refractivity contribution in [3.8, 4) is 0 Å². The highest BCUT2D eigenvalue weighted by Gasteiger charge is 2.77. The highest BCUT2D eigenvalue weighted by Crippen LogP contribution is 2.71. The minimum Gasteiger partial charge on any atom is -0.446 e. The fourth-order valence-electron chi connectivity index (χ4n) is 8.02. The zero-order valence-electron chi connectivity index (χ0n) is 20.4. The van der Waals surface area contributed by atoms with Crippen molar-refractivity contribution in [2.45, 2.75) is 63.6 Å². The highest BCUT2D eigenvalue weighted by molar-refractivity contribution is 7.96. The molecule has 0 aliphatic heterocycles. The first-order chi connectivity index (χ1) is 16.8. The normalized spacial score (nSPS) is 45.2. The van der Waals surface area contributed by atoms with E-state index in [0.717, 1.165) is 6.08 Å². The van der Waals surface area contributed by atoms with Crippen molar-refractivity contribution in [2.24, 2.45) is 28.6 Å². The molecule has 192 valence electrons. The highest BCUT2D eigenvalue weighted by atomic mass is 32.1. The average Bonchev–Trinajstić information content (AvgIpc) is 3.05. The zero-order chi connectivity index (χ0) is 26.3. The Hall–Kier alpha value is -2.32. The van der Waals surface area contributed by atoms with Gasteiger partial charge in [-0.1, -0.05) is 38.1 Å². The first kappa shape index (κ1) is 25.3. The third kappa shape index (κ3) is 3.00. The number of carbonyl (C=O) groups is 3. The van der Waals surface area contributed by atoms with Gasteiger partial charge < -0.3 is 9.84 Å². The van der Waals surface area contributed by atoms with Crippen molar-refractivity contribution in [3.63, 3.8) is 0 Å². The van der Waals surface area contributed by atoms with Gasteiger partial charge in [-0.2, -0.15) is 0 Å². The van der Waals surface area contributed by atoms with Crippen LogP contribution < -0.4 is 0 Å². The maximum Gasteiger partial charge on any atom is 0.339 e. The number of aliphatic hydroxyl groups is 1. The van der Waals surface area contributed by atoms with Crippen LogP contribution in [0.1, 0.15) is 50.4 Å². The molecule has 36 heavy (non-hydrogen) atoms. The van der Waals surface area contributed by atoms with E-state index in [1.165, 1.54) is 19.1 Å². The number of thiol groups is 1. The van der Waals surface area contributed by atoms with Crippen molar-refractivity contribution in [2.75, 3.05) is 0 Å². The second-order valence-corrected chi connectivity index (χ2v) is 11.7. The lowest BCUT2D eigenvalue weighted by atomic mass is 9.44. The van der Waals surface area contributed by atoms with Gasteiger partial charge in [-0.15, -0.1) is 12.6 Å². The van der Waals surface area contributed by atoms with E-state index >= 15 is 8.78 Å². The lowest BCUT2D eigenvalue weighted by Gasteiger charge is -2.63. The molecule has 3 fully saturated rings. The van der Waals surface area contributed by atoms with Crippen molar-refractivity contribution < 1.29 is 33.0 Å². The van der Waals surface area contributed by atoms with Gasteiger partial charge in [0.05, 0.1) is 11.7 Å². The summed E-state index contributed by atoms with van der Waals surface area (Å²) in [7, 11) is 0. The fraction of sp³-hybridized carbons (Fsp3) is 0.536. The Balaban J connectivity index is 1.62. The minimum atomic E-state index is -2.28. The third-order valence-corrected chi connectivity index (χ3v) is 10.1. The molecule has 0 spiro atoms. The molecule has 0 heterocycles. The zero-order valence-corrected chi connectivity index (χ0v) is 21.3. The topological polar surface area (TPSA) is 80.7 Å². The summed E-state index contributed by atoms with van der Waals surface area (Å²) < 4.78 is 38.9. The lowest BCUT2D eigenvalue weighted by Crippen LogP contribution is -2.70. The molecule has 0 amide bonds. The van der Waals surface area contributed by atoms with Crippen LogP contribution in [0, 0.1) is 28.6 Å². The van der Waals surface area contributed by atoms with E-state index in [0.29, 0.717) is 6.42 Å². The van der Waals surface area contributed by atoms with Gasteiger partial charge in [-0.25, -0.2) is 13.6 Å². The van der Waals surface area contributed by atoms with Gasteiger partial charge in [0, 0.05) is 22.7 Å². The Kier molecular flexibility index (Phi) is 5.69. The molecule has 1 aromatic rings. The van der Waals surface area contributed by atoms with E-state index in [9.17, 15) is 19.5 Å². The van der Waals surface area contributed by atoms with E-state index in [-0.39, 0.29) is 24.0 Å². The van der Waals surface area contributed by atoms with Gasteiger partial charge in [0.15, 0.2) is 17.1 Å². The number of esters is 1. The summed E-state index contributed by atoms with van der Waals surface area (Å²) in [4.78, 5) is 38.4. The molecule has 0 bridgehead atoms. The van der Waals surface area contributed by atoms with Crippen LogP contribution in [-0.4, -0.2) is 45.5 Å². The summed E-state index contributed by atoms with van der Waals surface area (Å²) in [5, 5.41) is 10.8. The third-order valence-electron chi connectivity index (χ3n) is 9.75. The number of fused-ring (bicyclic) bond motifs is 5. The molecular weight excluding hydrogens is 486 g/mol. The number of hydrogen-bond donors (Lipinski definition) is 2. The van der Waals surface area contributed by atoms with E-state index in [1.54, 1.807) is 44.2 Å². The summed E-state index contributed by atoms with van der Waals surface area (Å²) in [6, 6.07) is 8.24. The van der Waals surface area contributed by atoms with Crippen molar-refractivity contribution in [1.82, 2.24) is 0 Å². The number of carbonyl (C=O) groups excluding carboxylic acids is 3. The molecule has 9 atom stereocenters. The Morgan fingerprint density at radius 3 is 2.44 bits per heavy atom. The van der Waals surface area contributed by atoms with Crippen LogP contribution in [0.2, 0.25) is 0 Å². The van der Waals surface area contributed by atoms with Gasteiger partial charge in [0.2, 0.25) is 5.12 Å². The van der Waals surface area contributed by atoms with Crippen molar-refractivity contribution in [3.05, 3.63) is 59.7 Å². The second kappa shape index (κ2) is 8.09. The van der Waals surface area contributed by atoms with E-state index < -0.39 is 69.0 Å². The standard InChI is InChI=1S/C28H30F2O5S/c1-15-11-18-19-13-21(29)20-12-17(31)9-10-25(20,2)27(19,30)22(32)14-26(18,3)28(15,24(34)36)35-23(33)16-7-5-4-6-8-16/h4-10,12,15,18-19,21-22,32H,11,13-14H2,1-3H3,(H,34,36)/t15-,18-,19-,21-,22-,25-,26-,27-,28-/m0/s1. The van der Waals surface area contributed by atoms with Crippen LogP contribution in [-0.2, 0) is 14.3 Å². The molecule has 0 unspecified atom stereocenters. The van der Waals surface area contributed by atoms with Crippen LogP contribution >= 0.6 is 12.6 Å². The molecule has 3 saturated carbocycles. The minimum absolute atomic E-state index is 0.0366. The first-order valence-electron chi connectivity index (χ1n) is 12.3. The molecule has 4 aliphatic carbocycles. The predicted octanol–water partition coefficient (Wildman–Crippen LogP) is 4.60. The van der Waals surface area contributed by atoms with Gasteiger partial charge in [0.25, 0.3) is 0 Å². The molecule has 0 aromatic heterocycles. The number of benzene rings is 1. The van der Waals surface area contributed by atoms with Crippen LogP contribution in [0.15, 0.2) is 54.1 Å². The van der Waals surface area contributed by atoms with Crippen molar-refractivity contribution >= 4 is 29.5 Å². The molecule has 1 N–H and O–H groups in total. The summed E-state index contributed by atoms with van der Waals surface area (Å²) in [6.07, 6.45) is 0.409. The molecular formula is C28H30F2O5S. The summed E-state index contributed by atoms with van der Waals surface area (Å²) >= 11 is 4.16. The second-order valence-electron chi connectivity index (χ2n) is 11.3. The van der Waals surface area contributed by atoms with Crippen LogP contribution in [0.3, 0.4) is 0 Å². The van der Waals surface area contributed by atoms with E-state index in [2.05, 4.69) is 12.6 Å². The maximum atomic E-state index is 17.3. The average molecular weight is 517 g/mol. The van der Waals surface area contributed by atoms with Crippen LogP contribution in [0.4, 0.5) is 8.78 Å². The number of hydrogen-bond acceptors (Lipinski definition) is 5. The number of alkyl halides is 2. The Labute approximate surface area is 214 Å². The number of rotatable bonds is 3. The number of allylic oxidation sites excluding steroid dienone is 4. The number of halogens is 2. The Morgan fingerprint density at radius 1 is 1.14 bits per heavy atom. The van der Waals surface area contributed by atoms with Crippen LogP contribution in [0.5, 0.6) is 0 Å². The SMILES string of the molecule is C[C@H]1C[C@H]2[C@@H]3C[C@H](F)C4=CC(=O)C=C[C@]4(C)[C@@]3(F)[C@@H](O)C[C@]2(C)[C@@]1(OC(=O)c1ccccc1)C(=O)S. The van der Waals surface area contributed by atoms with Crippen molar-refractivity contribution in [1.29, 1.82) is 0 Å². The molecule has 0 radical (unpaired) electrons. The molecule has 5 nitrogen and oxygen atoms in total. The Morgan fingerprint density at radius 2 is 1.81 bits per heavy atom. The number of aliphatic hydroxyl groups excluding tert-OH is 1. The molecule has 1 aromatic carbocycles. The number of ether oxygens (including phenoxy) is 1. The molecule has 4 aliphatic rings. The summed E-state index contributed by atoms with van der Waals surface area (Å²) in [6.45, 7) is 5.00. The van der Waals surface area contributed by atoms with Gasteiger partial charge >= 0.3 is 5.97 Å². The van der Waals surface area contributed by atoms with Gasteiger partial charge in [-0.3, -0.25) is 9.59 Å². The smallest absolute Gasteiger partial charge is 0.339 e.